The van der Waals surface area contributed by atoms with Crippen LogP contribution in [0.15, 0.2) is 255 Å². The van der Waals surface area contributed by atoms with Crippen LogP contribution in [0.1, 0.15) is 35.1 Å². The first-order valence-electron chi connectivity index (χ1n) is 27.7. The normalized spacial score (nSPS) is 13.1. The van der Waals surface area contributed by atoms with Crippen LogP contribution >= 0.6 is 0 Å². The lowest BCUT2D eigenvalue weighted by Gasteiger charge is -2.22. The maximum atomic E-state index is 2.56. The van der Waals surface area contributed by atoms with Crippen molar-refractivity contribution in [1.29, 1.82) is 0 Å². The van der Waals surface area contributed by atoms with E-state index < -0.39 is 0 Å². The van der Waals surface area contributed by atoms with Crippen molar-refractivity contribution in [2.75, 3.05) is 0 Å². The standard InChI is InChI=1S/C78H52/c1-7-19-55-37-61(31-25-49(55)13-1)67-43-73-74(44-68(67)62-32-26-50-14-2-8-20-56(50)38-62)76-46-70(64-34-28-52-16-4-10-22-58(52)40-64)72(66-36-30-54-18-6-12-24-60(54)42-66)48-78(76)77-47-71(65-35-29-53-17-5-11-23-59(53)41-65)69(45-75(73)77)63-33-27-51-15-3-9-21-57(51)39-63/h1-3,5,7-15,17,19-48H,4,6,16,18H2. The van der Waals surface area contributed by atoms with Gasteiger partial charge in [-0.1, -0.05) is 194 Å². The molecule has 2 aliphatic rings. The zero-order valence-corrected chi connectivity index (χ0v) is 43.2. The molecule has 78 heavy (non-hydrogen) atoms. The van der Waals surface area contributed by atoms with Gasteiger partial charge in [0.2, 0.25) is 0 Å². The highest BCUT2D eigenvalue weighted by molar-refractivity contribution is 6.29. The second-order valence-electron chi connectivity index (χ2n) is 21.8. The summed E-state index contributed by atoms with van der Waals surface area (Å²) in [5, 5.41) is 17.3. The minimum atomic E-state index is 1.07. The van der Waals surface area contributed by atoms with Gasteiger partial charge in [-0.2, -0.15) is 0 Å². The van der Waals surface area contributed by atoms with E-state index in [-0.39, 0.29) is 0 Å². The van der Waals surface area contributed by atoms with Crippen LogP contribution in [-0.2, 0) is 12.8 Å². The Bertz CT molecular complexity index is 4590. The first-order valence-corrected chi connectivity index (χ1v) is 27.7. The molecule has 0 spiro atoms. The third kappa shape index (κ3) is 7.51. The quantitative estimate of drug-likeness (QED) is 0.146. The van der Waals surface area contributed by atoms with E-state index in [0.29, 0.717) is 0 Å². The third-order valence-electron chi connectivity index (χ3n) is 17.3. The van der Waals surface area contributed by atoms with Crippen LogP contribution in [0.5, 0.6) is 0 Å². The number of hydrogen-bond donors (Lipinski definition) is 0. The summed E-state index contributed by atoms with van der Waals surface area (Å²) in [6, 6.07) is 92.8. The van der Waals surface area contributed by atoms with Gasteiger partial charge in [-0.25, -0.2) is 0 Å². The van der Waals surface area contributed by atoms with E-state index in [1.54, 1.807) is 0 Å². The molecule has 2 aliphatic carbocycles. The molecule has 0 amide bonds. The Morgan fingerprint density at radius 3 is 0.731 bits per heavy atom. The second-order valence-corrected chi connectivity index (χ2v) is 21.8. The van der Waals surface area contributed by atoms with Crippen LogP contribution in [0.3, 0.4) is 0 Å². The van der Waals surface area contributed by atoms with Gasteiger partial charge >= 0.3 is 0 Å². The van der Waals surface area contributed by atoms with Crippen LogP contribution in [0, 0.1) is 0 Å². The summed E-state index contributed by atoms with van der Waals surface area (Å²) in [7, 11) is 0. The molecule has 0 radical (unpaired) electrons. The molecule has 0 N–H and O–H groups in total. The van der Waals surface area contributed by atoms with Crippen LogP contribution in [0.2, 0.25) is 0 Å². The van der Waals surface area contributed by atoms with Crippen LogP contribution < -0.4 is 0 Å². The first-order chi connectivity index (χ1) is 38.6. The van der Waals surface area contributed by atoms with Gasteiger partial charge in [0.05, 0.1) is 0 Å². The molecule has 0 heteroatoms. The fourth-order valence-corrected chi connectivity index (χ4v) is 13.2. The highest BCUT2D eigenvalue weighted by atomic mass is 14.3. The molecule has 14 aromatic carbocycles. The Balaban J connectivity index is 1.08. The van der Waals surface area contributed by atoms with Crippen molar-refractivity contribution in [2.24, 2.45) is 0 Å². The summed E-state index contributed by atoms with van der Waals surface area (Å²) in [4.78, 5) is 0. The van der Waals surface area contributed by atoms with Gasteiger partial charge in [-0.05, 0) is 263 Å². The third-order valence-corrected chi connectivity index (χ3v) is 17.3. The van der Waals surface area contributed by atoms with E-state index in [2.05, 4.69) is 267 Å². The molecule has 0 heterocycles. The summed E-state index contributed by atoms with van der Waals surface area (Å²) in [6.07, 6.45) is 13.7. The molecule has 0 bridgehead atoms. The SMILES string of the molecule is C1=Cc2cc(-c3cc4c(cc3-c3ccc5c(c3)C=CCC5)c3cc(-c5ccc6ccccc6c5)c(-c5ccc6ccccc6c5)cc3c3cc(-c5ccc6ccccc6c5)c(-c5ccc6ccccc6c5)cc43)ccc2CC1. The molecule has 16 rings (SSSR count). The summed E-state index contributed by atoms with van der Waals surface area (Å²) < 4.78 is 0. The van der Waals surface area contributed by atoms with E-state index in [1.807, 2.05) is 0 Å². The molecule has 364 valence electrons. The highest BCUT2D eigenvalue weighted by Crippen LogP contribution is 2.49. The minimum absolute atomic E-state index is 1.07. The Hall–Kier alpha value is -9.62. The lowest BCUT2D eigenvalue weighted by molar-refractivity contribution is 0.986. The Labute approximate surface area is 454 Å². The number of rotatable bonds is 6. The van der Waals surface area contributed by atoms with Gasteiger partial charge in [0, 0.05) is 0 Å². The van der Waals surface area contributed by atoms with Crippen molar-refractivity contribution in [3.05, 3.63) is 277 Å². The largest absolute Gasteiger partial charge is 0.0836 e. The van der Waals surface area contributed by atoms with Crippen molar-refractivity contribution in [3.63, 3.8) is 0 Å². The van der Waals surface area contributed by atoms with Gasteiger partial charge in [-0.15, -0.1) is 0 Å². The highest BCUT2D eigenvalue weighted by Gasteiger charge is 2.23. The molecule has 0 saturated carbocycles. The Morgan fingerprint density at radius 2 is 0.449 bits per heavy atom. The molecule has 0 unspecified atom stereocenters. The van der Waals surface area contributed by atoms with Crippen LogP contribution in [-0.4, -0.2) is 0 Å². The lowest BCUT2D eigenvalue weighted by atomic mass is 9.81. The van der Waals surface area contributed by atoms with Crippen molar-refractivity contribution in [3.8, 4) is 66.8 Å². The monoisotopic (exact) mass is 988 g/mol. The van der Waals surface area contributed by atoms with Gasteiger partial charge in [0.1, 0.15) is 0 Å². The average Bonchev–Trinajstić information content (AvgIpc) is 3.70. The molecular weight excluding hydrogens is 937 g/mol. The second kappa shape index (κ2) is 18.0. The lowest BCUT2D eigenvalue weighted by Crippen LogP contribution is -1.97. The average molecular weight is 989 g/mol. The molecule has 0 saturated heterocycles. The van der Waals surface area contributed by atoms with Gasteiger partial charge in [0.15, 0.2) is 0 Å². The van der Waals surface area contributed by atoms with Crippen molar-refractivity contribution in [1.82, 2.24) is 0 Å². The molecular formula is C78H52. The van der Waals surface area contributed by atoms with E-state index in [9.17, 15) is 0 Å². The molecule has 14 aromatic rings. The minimum Gasteiger partial charge on any atom is -0.0836 e. The topological polar surface area (TPSA) is 0 Å². The molecule has 0 aliphatic heterocycles. The van der Waals surface area contributed by atoms with Gasteiger partial charge in [0.25, 0.3) is 0 Å². The molecule has 0 nitrogen and oxygen atoms in total. The maximum absolute atomic E-state index is 2.56. The Morgan fingerprint density at radius 1 is 0.205 bits per heavy atom. The summed E-state index contributed by atoms with van der Waals surface area (Å²) in [5.74, 6) is 0. The van der Waals surface area contributed by atoms with Crippen molar-refractivity contribution >= 4 is 87.6 Å². The fourth-order valence-electron chi connectivity index (χ4n) is 13.2. The zero-order chi connectivity index (χ0) is 51.3. The smallest absolute Gasteiger partial charge is 0.00921 e. The van der Waals surface area contributed by atoms with Crippen molar-refractivity contribution in [2.45, 2.75) is 25.7 Å². The summed E-state index contributed by atoms with van der Waals surface area (Å²) in [6.45, 7) is 0. The number of benzene rings is 14. The van der Waals surface area contributed by atoms with Gasteiger partial charge in [-0.3, -0.25) is 0 Å². The van der Waals surface area contributed by atoms with Crippen molar-refractivity contribution < 1.29 is 0 Å². The number of allylic oxidation sites excluding steroid dienone is 2. The van der Waals surface area contributed by atoms with E-state index >= 15 is 0 Å². The van der Waals surface area contributed by atoms with Gasteiger partial charge < -0.3 is 0 Å². The van der Waals surface area contributed by atoms with E-state index in [4.69, 9.17) is 0 Å². The molecule has 0 atom stereocenters. The van der Waals surface area contributed by atoms with Crippen LogP contribution in [0.4, 0.5) is 0 Å². The molecule has 0 fully saturated rings. The summed E-state index contributed by atoms with van der Waals surface area (Å²) >= 11 is 0. The number of fused-ring (bicyclic) bond motifs is 12. The first kappa shape index (κ1) is 44.7. The predicted octanol–water partition coefficient (Wildman–Crippen LogP) is 21.7. The molecule has 0 aromatic heterocycles. The summed E-state index contributed by atoms with van der Waals surface area (Å²) in [5.41, 5.74) is 20.2. The number of hydrogen-bond acceptors (Lipinski definition) is 0. The predicted molar refractivity (Wildman–Crippen MR) is 336 cm³/mol. The van der Waals surface area contributed by atoms with E-state index in [1.165, 1.54) is 164 Å². The maximum Gasteiger partial charge on any atom is -0.00921 e. The number of aryl methyl sites for hydroxylation is 2. The fraction of sp³-hybridized carbons (Fsp3) is 0.0513. The van der Waals surface area contributed by atoms with E-state index in [0.717, 1.165) is 25.7 Å². The zero-order valence-electron chi connectivity index (χ0n) is 43.2. The van der Waals surface area contributed by atoms with Crippen LogP contribution in [0.25, 0.3) is 154 Å². The Kier molecular flexibility index (Phi) is 10.3.